The van der Waals surface area contributed by atoms with Gasteiger partial charge in [0.15, 0.2) is 0 Å². The van der Waals surface area contributed by atoms with Crippen molar-refractivity contribution in [3.63, 3.8) is 0 Å². The molecule has 1 aliphatic heterocycles. The molecule has 2 nitrogen and oxygen atoms in total. The number of hydrogen-bond acceptors (Lipinski definition) is 1. The smallest absolute Gasteiger partial charge is 0.130 e. The molecule has 0 N–H and O–H groups in total. The highest BCUT2D eigenvalue weighted by atomic mass is 15.8. The number of aryl methyl sites for hydroxylation is 3. The van der Waals surface area contributed by atoms with Crippen LogP contribution in [0, 0.1) is 20.8 Å². The summed E-state index contributed by atoms with van der Waals surface area (Å²) in [7, 11) is 0. The highest BCUT2D eigenvalue weighted by Gasteiger charge is 2.44. The Bertz CT molecular complexity index is 530. The van der Waals surface area contributed by atoms with Crippen molar-refractivity contribution in [2.24, 2.45) is 0 Å². The first-order valence-corrected chi connectivity index (χ1v) is 8.36. The molecule has 0 amide bonds. The lowest BCUT2D eigenvalue weighted by Crippen LogP contribution is -2.59. The summed E-state index contributed by atoms with van der Waals surface area (Å²) in [6.07, 6.45) is 2.49. The lowest BCUT2D eigenvalue weighted by Gasteiger charge is -2.44. The second-order valence-electron chi connectivity index (χ2n) is 6.40. The van der Waals surface area contributed by atoms with Gasteiger partial charge in [0.1, 0.15) is 6.04 Å². The largest absolute Gasteiger partial charge is 0.224 e. The Labute approximate surface area is 130 Å². The van der Waals surface area contributed by atoms with E-state index in [4.69, 9.17) is 0 Å². The molecular formula is C19H31N2+. The third-order valence-corrected chi connectivity index (χ3v) is 5.24. The molecule has 0 fully saturated rings. The fraction of sp³-hybridized carbons (Fsp3) is 0.579. The fourth-order valence-corrected chi connectivity index (χ4v) is 4.28. The molecule has 0 bridgehead atoms. The second-order valence-corrected chi connectivity index (χ2v) is 6.40. The maximum absolute atomic E-state index is 2.61. The Morgan fingerprint density at radius 3 is 1.95 bits per heavy atom. The summed E-state index contributed by atoms with van der Waals surface area (Å²) in [4.78, 5) is 0. The minimum atomic E-state index is 0.551. The van der Waals surface area contributed by atoms with Crippen LogP contribution in [0.25, 0.3) is 5.70 Å². The minimum Gasteiger partial charge on any atom is -0.224 e. The molecule has 1 aromatic carbocycles. The molecule has 2 heteroatoms. The van der Waals surface area contributed by atoms with Crippen molar-refractivity contribution >= 4 is 5.70 Å². The van der Waals surface area contributed by atoms with Crippen molar-refractivity contribution in [2.45, 2.75) is 54.5 Å². The first-order chi connectivity index (χ1) is 9.91. The van der Waals surface area contributed by atoms with Crippen molar-refractivity contribution in [3.8, 4) is 0 Å². The van der Waals surface area contributed by atoms with Gasteiger partial charge in [0.05, 0.1) is 25.3 Å². The zero-order chi connectivity index (χ0) is 15.8. The van der Waals surface area contributed by atoms with Crippen LogP contribution in [0.4, 0.5) is 0 Å². The van der Waals surface area contributed by atoms with Crippen LogP contribution in [0.1, 0.15) is 49.9 Å². The van der Waals surface area contributed by atoms with Crippen LogP contribution < -0.4 is 0 Å². The zero-order valence-corrected chi connectivity index (χ0v) is 14.8. The molecule has 2 rings (SSSR count). The molecular weight excluding hydrogens is 256 g/mol. The summed E-state index contributed by atoms with van der Waals surface area (Å²) in [6.45, 7) is 19.3. The Hall–Kier alpha value is -1.28. The molecule has 1 heterocycles. The van der Waals surface area contributed by atoms with Gasteiger partial charge in [-0.25, -0.2) is 9.60 Å². The standard InChI is InChI=1S/C19H31N2/c1-8-20-18(13-17(7)21(20,9-2)10-3)19-15(5)11-14(4)12-16(19)6/h11-13,17H,8-10H2,1-7H3/q+1. The van der Waals surface area contributed by atoms with E-state index in [0.29, 0.717) is 6.04 Å². The van der Waals surface area contributed by atoms with Gasteiger partial charge in [-0.05, 0) is 59.6 Å². The first-order valence-electron chi connectivity index (χ1n) is 8.36. The van der Waals surface area contributed by atoms with Crippen LogP contribution in [-0.2, 0) is 0 Å². The highest BCUT2D eigenvalue weighted by Crippen LogP contribution is 2.38. The summed E-state index contributed by atoms with van der Waals surface area (Å²) >= 11 is 0. The molecule has 0 spiro atoms. The molecule has 0 saturated carbocycles. The molecule has 0 aliphatic carbocycles. The van der Waals surface area contributed by atoms with E-state index in [1.54, 1.807) is 0 Å². The topological polar surface area (TPSA) is 3.24 Å². The molecule has 1 unspecified atom stereocenters. The van der Waals surface area contributed by atoms with Crippen molar-refractivity contribution < 1.29 is 4.59 Å². The third kappa shape index (κ3) is 2.40. The van der Waals surface area contributed by atoms with Crippen LogP contribution in [0.5, 0.6) is 0 Å². The first kappa shape index (κ1) is 16.1. The molecule has 0 saturated heterocycles. The summed E-state index contributed by atoms with van der Waals surface area (Å²) in [5.74, 6) is 0. The Kier molecular flexibility index (Phi) is 4.48. The highest BCUT2D eigenvalue weighted by molar-refractivity contribution is 5.70. The zero-order valence-electron chi connectivity index (χ0n) is 14.8. The van der Waals surface area contributed by atoms with E-state index in [1.165, 1.54) is 28.0 Å². The number of nitrogens with zero attached hydrogens (tertiary/aromatic N) is 2. The van der Waals surface area contributed by atoms with Crippen LogP contribution in [0.3, 0.4) is 0 Å². The van der Waals surface area contributed by atoms with Crippen LogP contribution in [0.15, 0.2) is 18.2 Å². The molecule has 1 aliphatic rings. The Morgan fingerprint density at radius 1 is 1.00 bits per heavy atom. The summed E-state index contributed by atoms with van der Waals surface area (Å²) in [5.41, 5.74) is 7.03. The van der Waals surface area contributed by atoms with E-state index in [0.717, 1.165) is 24.2 Å². The number of rotatable bonds is 4. The Balaban J connectivity index is 2.57. The van der Waals surface area contributed by atoms with Gasteiger partial charge in [-0.2, -0.15) is 0 Å². The van der Waals surface area contributed by atoms with Gasteiger partial charge in [0, 0.05) is 11.6 Å². The maximum atomic E-state index is 2.61. The van der Waals surface area contributed by atoms with Gasteiger partial charge in [-0.15, -0.1) is 0 Å². The van der Waals surface area contributed by atoms with Crippen molar-refractivity contribution in [3.05, 3.63) is 40.5 Å². The molecule has 1 aromatic rings. The predicted octanol–water partition coefficient (Wildman–Crippen LogP) is 4.45. The van der Waals surface area contributed by atoms with Gasteiger partial charge in [-0.3, -0.25) is 0 Å². The van der Waals surface area contributed by atoms with Gasteiger partial charge in [0.2, 0.25) is 0 Å². The van der Waals surface area contributed by atoms with Crippen molar-refractivity contribution in [1.82, 2.24) is 5.01 Å². The van der Waals surface area contributed by atoms with Gasteiger partial charge >= 0.3 is 0 Å². The van der Waals surface area contributed by atoms with Gasteiger partial charge in [-0.1, -0.05) is 17.7 Å². The number of benzene rings is 1. The molecule has 0 aromatic heterocycles. The predicted molar refractivity (Wildman–Crippen MR) is 91.8 cm³/mol. The normalized spacial score (nSPS) is 20.8. The maximum Gasteiger partial charge on any atom is 0.130 e. The van der Waals surface area contributed by atoms with Gasteiger partial charge in [0.25, 0.3) is 0 Å². The molecule has 116 valence electrons. The van der Waals surface area contributed by atoms with E-state index >= 15 is 0 Å². The molecule has 1 atom stereocenters. The summed E-state index contributed by atoms with van der Waals surface area (Å²) < 4.78 is 1.05. The monoisotopic (exact) mass is 287 g/mol. The quantitative estimate of drug-likeness (QED) is 0.740. The number of quaternary nitrogens is 1. The second kappa shape index (κ2) is 5.84. The number of hydrogen-bond donors (Lipinski definition) is 0. The van der Waals surface area contributed by atoms with E-state index in [9.17, 15) is 0 Å². The minimum absolute atomic E-state index is 0.551. The molecule has 0 radical (unpaired) electrons. The lowest BCUT2D eigenvalue weighted by atomic mass is 9.96. The summed E-state index contributed by atoms with van der Waals surface area (Å²) in [6, 6.07) is 5.18. The van der Waals surface area contributed by atoms with E-state index in [2.05, 4.69) is 71.7 Å². The SMILES string of the molecule is CCN1C(c2c(C)cc(C)cc2C)=CC(C)[N+]1(CC)CC. The average molecular weight is 287 g/mol. The summed E-state index contributed by atoms with van der Waals surface area (Å²) in [5, 5.41) is 2.61. The van der Waals surface area contributed by atoms with Gasteiger partial charge < -0.3 is 0 Å². The number of likely N-dealkylation sites (N-methyl/N-ethyl adjacent to an activating group) is 1. The lowest BCUT2D eigenvalue weighted by molar-refractivity contribution is -1.03. The van der Waals surface area contributed by atoms with Crippen LogP contribution in [-0.4, -0.2) is 35.3 Å². The third-order valence-electron chi connectivity index (χ3n) is 5.24. The van der Waals surface area contributed by atoms with Crippen molar-refractivity contribution in [2.75, 3.05) is 19.6 Å². The average Bonchev–Trinajstić information content (AvgIpc) is 2.69. The molecule has 21 heavy (non-hydrogen) atoms. The van der Waals surface area contributed by atoms with Crippen molar-refractivity contribution in [1.29, 1.82) is 0 Å². The van der Waals surface area contributed by atoms with E-state index in [-0.39, 0.29) is 0 Å². The van der Waals surface area contributed by atoms with E-state index < -0.39 is 0 Å². The van der Waals surface area contributed by atoms with Crippen LogP contribution >= 0.6 is 0 Å². The fourth-order valence-electron chi connectivity index (χ4n) is 4.28. The van der Waals surface area contributed by atoms with E-state index in [1.807, 2.05) is 0 Å². The Morgan fingerprint density at radius 2 is 1.52 bits per heavy atom. The van der Waals surface area contributed by atoms with Crippen LogP contribution in [0.2, 0.25) is 0 Å².